The number of esters is 1. The predicted octanol–water partition coefficient (Wildman–Crippen LogP) is 5.67. The average Bonchev–Trinajstić information content (AvgIpc) is 2.81. The van der Waals surface area contributed by atoms with Gasteiger partial charge in [-0.2, -0.15) is 5.26 Å². The van der Waals surface area contributed by atoms with Crippen LogP contribution in [0.3, 0.4) is 0 Å². The number of nitro benzene ring substituents is 1. The van der Waals surface area contributed by atoms with Gasteiger partial charge in [-0.15, -0.1) is 0 Å². The van der Waals surface area contributed by atoms with Gasteiger partial charge in [0.05, 0.1) is 20.7 Å². The molecule has 0 heterocycles. The Morgan fingerprint density at radius 2 is 1.73 bits per heavy atom. The summed E-state index contributed by atoms with van der Waals surface area (Å²) in [5, 5.41) is 23.4. The summed E-state index contributed by atoms with van der Waals surface area (Å²) in [4.78, 5) is 35.2. The molecule has 0 radical (unpaired) electrons. The van der Waals surface area contributed by atoms with Crippen molar-refractivity contribution in [2.24, 2.45) is 0 Å². The zero-order chi connectivity index (χ0) is 24.0. The highest BCUT2D eigenvalue weighted by atomic mass is 35.5. The van der Waals surface area contributed by atoms with E-state index in [2.05, 4.69) is 5.32 Å². The highest BCUT2D eigenvalue weighted by Crippen LogP contribution is 2.30. The van der Waals surface area contributed by atoms with Gasteiger partial charge in [0.25, 0.3) is 11.6 Å². The molecule has 164 valence electrons. The molecule has 3 rings (SSSR count). The van der Waals surface area contributed by atoms with Crippen LogP contribution in [0.5, 0.6) is 5.75 Å². The van der Waals surface area contributed by atoms with Gasteiger partial charge in [0, 0.05) is 6.07 Å². The summed E-state index contributed by atoms with van der Waals surface area (Å²) >= 11 is 12.0. The van der Waals surface area contributed by atoms with Gasteiger partial charge in [0.2, 0.25) is 0 Å². The number of nitro groups is 1. The van der Waals surface area contributed by atoms with E-state index < -0.39 is 16.8 Å². The fourth-order valence-electron chi connectivity index (χ4n) is 2.70. The van der Waals surface area contributed by atoms with Gasteiger partial charge >= 0.3 is 5.97 Å². The van der Waals surface area contributed by atoms with Crippen molar-refractivity contribution in [1.82, 2.24) is 0 Å². The molecule has 0 aliphatic rings. The Morgan fingerprint density at radius 1 is 1.03 bits per heavy atom. The molecule has 0 unspecified atom stereocenters. The minimum absolute atomic E-state index is 0.129. The Kier molecular flexibility index (Phi) is 7.41. The summed E-state index contributed by atoms with van der Waals surface area (Å²) in [5.41, 5.74) is -0.0196. The van der Waals surface area contributed by atoms with Gasteiger partial charge < -0.3 is 10.1 Å². The Balaban J connectivity index is 1.74. The smallest absolute Gasteiger partial charge is 0.350 e. The molecule has 0 atom stereocenters. The first-order valence-corrected chi connectivity index (χ1v) is 9.98. The number of rotatable bonds is 6. The summed E-state index contributed by atoms with van der Waals surface area (Å²) in [6.45, 7) is 0. The molecule has 1 N–H and O–H groups in total. The second kappa shape index (κ2) is 10.4. The molecule has 0 fully saturated rings. The standard InChI is InChI=1S/C23H13Cl2N3O5/c24-18-5-3-6-19(21(18)25)27-22(29)15(13-26)12-14-8-10-16(11-9-14)33-23(30)17-4-1-2-7-20(17)28(31)32/h1-12H,(H,27,29). The number of nitrogens with zero attached hydrogens (tertiary/aromatic N) is 2. The predicted molar refractivity (Wildman–Crippen MR) is 123 cm³/mol. The molecule has 8 nitrogen and oxygen atoms in total. The van der Waals surface area contributed by atoms with E-state index in [1.807, 2.05) is 6.07 Å². The van der Waals surface area contributed by atoms with Crippen LogP contribution in [0.1, 0.15) is 15.9 Å². The molecule has 0 bridgehead atoms. The molecular weight excluding hydrogens is 469 g/mol. The monoisotopic (exact) mass is 481 g/mol. The third kappa shape index (κ3) is 5.74. The number of nitriles is 1. The highest BCUT2D eigenvalue weighted by molar-refractivity contribution is 6.44. The van der Waals surface area contributed by atoms with E-state index in [1.54, 1.807) is 18.2 Å². The van der Waals surface area contributed by atoms with Crippen molar-refractivity contribution in [3.63, 3.8) is 0 Å². The molecule has 10 heteroatoms. The minimum Gasteiger partial charge on any atom is -0.423 e. The number of benzene rings is 3. The van der Waals surface area contributed by atoms with Crippen LogP contribution in [-0.4, -0.2) is 16.8 Å². The van der Waals surface area contributed by atoms with Crippen LogP contribution in [0.25, 0.3) is 6.08 Å². The highest BCUT2D eigenvalue weighted by Gasteiger charge is 2.21. The molecule has 3 aromatic rings. The molecule has 33 heavy (non-hydrogen) atoms. The van der Waals surface area contributed by atoms with E-state index in [0.29, 0.717) is 5.56 Å². The van der Waals surface area contributed by atoms with Gasteiger partial charge in [-0.25, -0.2) is 4.79 Å². The number of ether oxygens (including phenoxy) is 1. The molecule has 0 aromatic heterocycles. The average molecular weight is 482 g/mol. The van der Waals surface area contributed by atoms with Gasteiger partial charge in [0.15, 0.2) is 0 Å². The number of halogens is 2. The topological polar surface area (TPSA) is 122 Å². The first-order valence-electron chi connectivity index (χ1n) is 9.23. The summed E-state index contributed by atoms with van der Waals surface area (Å²) in [5.74, 6) is -1.45. The van der Waals surface area contributed by atoms with Crippen molar-refractivity contribution in [3.8, 4) is 11.8 Å². The number of anilines is 1. The number of amides is 1. The van der Waals surface area contributed by atoms with Crippen LogP contribution in [0.4, 0.5) is 11.4 Å². The lowest BCUT2D eigenvalue weighted by Crippen LogP contribution is -2.13. The molecule has 3 aromatic carbocycles. The Bertz CT molecular complexity index is 1310. The minimum atomic E-state index is -0.888. The zero-order valence-electron chi connectivity index (χ0n) is 16.6. The second-order valence-electron chi connectivity index (χ2n) is 6.46. The van der Waals surface area contributed by atoms with Crippen molar-refractivity contribution in [3.05, 3.63) is 104 Å². The third-order valence-corrected chi connectivity index (χ3v) is 5.11. The Hall–Kier alpha value is -4.19. The largest absolute Gasteiger partial charge is 0.423 e. The van der Waals surface area contributed by atoms with Crippen LogP contribution in [-0.2, 0) is 4.79 Å². The molecule has 0 aliphatic carbocycles. The zero-order valence-corrected chi connectivity index (χ0v) is 18.1. The third-order valence-electron chi connectivity index (χ3n) is 4.29. The summed E-state index contributed by atoms with van der Waals surface area (Å²) in [7, 11) is 0. The van der Waals surface area contributed by atoms with E-state index in [0.717, 1.165) is 0 Å². The van der Waals surface area contributed by atoms with Crippen LogP contribution in [0.2, 0.25) is 10.0 Å². The van der Waals surface area contributed by atoms with Crippen LogP contribution >= 0.6 is 23.2 Å². The number of carbonyl (C=O) groups is 2. The first-order chi connectivity index (χ1) is 15.8. The summed E-state index contributed by atoms with van der Waals surface area (Å²) < 4.78 is 5.19. The van der Waals surface area contributed by atoms with E-state index in [-0.39, 0.29) is 38.3 Å². The first kappa shape index (κ1) is 23.5. The van der Waals surface area contributed by atoms with Crippen molar-refractivity contribution in [1.29, 1.82) is 5.26 Å². The lowest BCUT2D eigenvalue weighted by Gasteiger charge is -2.08. The fourth-order valence-corrected chi connectivity index (χ4v) is 3.05. The van der Waals surface area contributed by atoms with Gasteiger partial charge in [0.1, 0.15) is 23.0 Å². The molecule has 1 amide bonds. The Morgan fingerprint density at radius 3 is 2.39 bits per heavy atom. The van der Waals surface area contributed by atoms with E-state index in [9.17, 15) is 25.0 Å². The van der Waals surface area contributed by atoms with E-state index in [4.69, 9.17) is 27.9 Å². The molecular formula is C23H13Cl2N3O5. The summed E-state index contributed by atoms with van der Waals surface area (Å²) in [6.07, 6.45) is 1.33. The molecule has 0 aliphatic heterocycles. The molecule has 0 saturated heterocycles. The molecule has 0 saturated carbocycles. The van der Waals surface area contributed by atoms with Crippen molar-refractivity contribution in [2.75, 3.05) is 5.32 Å². The maximum Gasteiger partial charge on any atom is 0.350 e. The number of nitrogens with one attached hydrogen (secondary N) is 1. The van der Waals surface area contributed by atoms with Crippen LogP contribution < -0.4 is 10.1 Å². The lowest BCUT2D eigenvalue weighted by molar-refractivity contribution is -0.385. The summed E-state index contributed by atoms with van der Waals surface area (Å²) in [6, 6.07) is 17.8. The van der Waals surface area contributed by atoms with Gasteiger partial charge in [-0.1, -0.05) is 53.5 Å². The Labute approximate surface area is 197 Å². The van der Waals surface area contributed by atoms with Crippen LogP contribution in [0.15, 0.2) is 72.3 Å². The quantitative estimate of drug-likeness (QED) is 0.121. The maximum atomic E-state index is 12.4. The molecule has 0 spiro atoms. The lowest BCUT2D eigenvalue weighted by atomic mass is 10.1. The second-order valence-corrected chi connectivity index (χ2v) is 7.24. The van der Waals surface area contributed by atoms with Crippen molar-refractivity contribution in [2.45, 2.75) is 0 Å². The van der Waals surface area contributed by atoms with Crippen LogP contribution in [0, 0.1) is 21.4 Å². The number of para-hydroxylation sites is 1. The number of hydrogen-bond acceptors (Lipinski definition) is 6. The fraction of sp³-hybridized carbons (Fsp3) is 0. The number of carbonyl (C=O) groups excluding carboxylic acids is 2. The van der Waals surface area contributed by atoms with Gasteiger partial charge in [-0.05, 0) is 42.0 Å². The van der Waals surface area contributed by atoms with Crippen molar-refractivity contribution >= 4 is 52.5 Å². The van der Waals surface area contributed by atoms with Gasteiger partial charge in [-0.3, -0.25) is 14.9 Å². The van der Waals surface area contributed by atoms with E-state index >= 15 is 0 Å². The maximum absolute atomic E-state index is 12.4. The normalized spacial score (nSPS) is 10.8. The van der Waals surface area contributed by atoms with Crippen molar-refractivity contribution < 1.29 is 19.2 Å². The number of hydrogen-bond donors (Lipinski definition) is 1. The van der Waals surface area contributed by atoms with E-state index in [1.165, 1.54) is 54.6 Å². The SMILES string of the molecule is N#CC(=Cc1ccc(OC(=O)c2ccccc2[N+](=O)[O-])cc1)C(=O)Nc1cccc(Cl)c1Cl.